The topological polar surface area (TPSA) is 86.8 Å². The monoisotopic (exact) mass is 473 g/mol. The van der Waals surface area contributed by atoms with Gasteiger partial charge >= 0.3 is 0 Å². The molecule has 33 heavy (non-hydrogen) atoms. The number of para-hydroxylation sites is 1. The number of rotatable bonds is 10. The quantitative estimate of drug-likeness (QED) is 0.573. The summed E-state index contributed by atoms with van der Waals surface area (Å²) >= 11 is 0. The molecule has 8 heteroatoms. The van der Waals surface area contributed by atoms with Gasteiger partial charge in [-0.1, -0.05) is 61.9 Å². The van der Waals surface area contributed by atoms with Gasteiger partial charge in [0.1, 0.15) is 12.6 Å². The summed E-state index contributed by atoms with van der Waals surface area (Å²) in [6.45, 7) is 9.63. The third kappa shape index (κ3) is 7.05. The van der Waals surface area contributed by atoms with Crippen LogP contribution in [0.5, 0.6) is 0 Å². The first-order chi connectivity index (χ1) is 15.5. The molecule has 1 atom stereocenters. The smallest absolute Gasteiger partial charge is 0.244 e. The van der Waals surface area contributed by atoms with Crippen LogP contribution in [0, 0.1) is 6.92 Å². The Labute approximate surface area is 197 Å². The van der Waals surface area contributed by atoms with Gasteiger partial charge in [0.05, 0.1) is 11.9 Å². The maximum Gasteiger partial charge on any atom is 0.244 e. The van der Waals surface area contributed by atoms with Gasteiger partial charge in [0, 0.05) is 13.1 Å². The fraction of sp³-hybridized carbons (Fsp3) is 0.440. The number of amides is 2. The van der Waals surface area contributed by atoms with Crippen molar-refractivity contribution in [1.29, 1.82) is 0 Å². The molecule has 0 spiro atoms. The number of likely N-dealkylation sites (N-methyl/N-ethyl adjacent to an activating group) is 1. The summed E-state index contributed by atoms with van der Waals surface area (Å²) in [4.78, 5) is 27.5. The Hall–Kier alpha value is -2.87. The van der Waals surface area contributed by atoms with Crippen molar-refractivity contribution in [2.24, 2.45) is 0 Å². The van der Waals surface area contributed by atoms with Crippen molar-refractivity contribution in [3.05, 3.63) is 65.2 Å². The average molecular weight is 474 g/mol. The molecular formula is C25H35N3O4S. The van der Waals surface area contributed by atoms with Crippen molar-refractivity contribution < 1.29 is 18.0 Å². The number of anilines is 1. The summed E-state index contributed by atoms with van der Waals surface area (Å²) in [6.07, 6.45) is 1.09. The number of carbonyl (C=O) groups is 2. The van der Waals surface area contributed by atoms with Crippen LogP contribution < -0.4 is 9.62 Å². The molecule has 0 saturated heterocycles. The van der Waals surface area contributed by atoms with Crippen LogP contribution in [-0.2, 0) is 26.2 Å². The second-order valence-electron chi connectivity index (χ2n) is 8.56. The molecule has 0 aromatic heterocycles. The zero-order valence-electron chi connectivity index (χ0n) is 20.3. The van der Waals surface area contributed by atoms with Crippen LogP contribution in [0.3, 0.4) is 0 Å². The molecule has 0 aliphatic carbocycles. The second kappa shape index (κ2) is 11.3. The van der Waals surface area contributed by atoms with E-state index in [0.29, 0.717) is 12.2 Å². The van der Waals surface area contributed by atoms with Crippen molar-refractivity contribution in [3.63, 3.8) is 0 Å². The van der Waals surface area contributed by atoms with E-state index in [-0.39, 0.29) is 18.4 Å². The van der Waals surface area contributed by atoms with Gasteiger partial charge in [-0.15, -0.1) is 0 Å². The Balaban J connectivity index is 2.44. The van der Waals surface area contributed by atoms with Gasteiger partial charge < -0.3 is 10.2 Å². The molecule has 2 rings (SSSR count). The van der Waals surface area contributed by atoms with Crippen LogP contribution in [0.1, 0.15) is 50.3 Å². The number of nitrogens with zero attached hydrogens (tertiary/aromatic N) is 2. The fourth-order valence-electron chi connectivity index (χ4n) is 3.59. The average Bonchev–Trinajstić information content (AvgIpc) is 2.75. The van der Waals surface area contributed by atoms with Crippen LogP contribution in [0.15, 0.2) is 48.5 Å². The van der Waals surface area contributed by atoms with Gasteiger partial charge in [-0.2, -0.15) is 0 Å². The van der Waals surface area contributed by atoms with Crippen molar-refractivity contribution in [1.82, 2.24) is 10.2 Å². The maximum absolute atomic E-state index is 13.5. The van der Waals surface area contributed by atoms with Crippen LogP contribution in [-0.4, -0.2) is 50.5 Å². The maximum atomic E-state index is 13.5. The summed E-state index contributed by atoms with van der Waals surface area (Å²) in [6, 6.07) is 14.1. The molecule has 2 aromatic rings. The van der Waals surface area contributed by atoms with Gasteiger partial charge in [0.25, 0.3) is 0 Å². The van der Waals surface area contributed by atoms with Gasteiger partial charge in [-0.05, 0) is 43.9 Å². The van der Waals surface area contributed by atoms with E-state index in [1.54, 1.807) is 19.1 Å². The number of hydrogen-bond acceptors (Lipinski definition) is 4. The van der Waals surface area contributed by atoms with Crippen LogP contribution in [0.2, 0.25) is 0 Å². The van der Waals surface area contributed by atoms with E-state index >= 15 is 0 Å². The summed E-state index contributed by atoms with van der Waals surface area (Å²) in [7, 11) is -3.75. The summed E-state index contributed by atoms with van der Waals surface area (Å²) < 4.78 is 26.6. The lowest BCUT2D eigenvalue weighted by Gasteiger charge is -2.32. The molecule has 0 unspecified atom stereocenters. The van der Waals surface area contributed by atoms with E-state index in [2.05, 4.69) is 5.32 Å². The van der Waals surface area contributed by atoms with Gasteiger partial charge in [0.15, 0.2) is 0 Å². The van der Waals surface area contributed by atoms with E-state index < -0.39 is 28.5 Å². The first-order valence-electron chi connectivity index (χ1n) is 11.1. The predicted molar refractivity (Wildman–Crippen MR) is 133 cm³/mol. The van der Waals surface area contributed by atoms with E-state index in [4.69, 9.17) is 0 Å². The van der Waals surface area contributed by atoms with Gasteiger partial charge in [-0.25, -0.2) is 8.42 Å². The minimum Gasteiger partial charge on any atom is -0.355 e. The number of sulfonamides is 1. The highest BCUT2D eigenvalue weighted by Gasteiger charge is 2.30. The number of aryl methyl sites for hydroxylation is 1. The zero-order valence-corrected chi connectivity index (χ0v) is 21.1. The normalized spacial score (nSPS) is 12.3. The lowest BCUT2D eigenvalue weighted by Crippen LogP contribution is -2.51. The molecule has 0 aliphatic heterocycles. The second-order valence-corrected chi connectivity index (χ2v) is 10.5. The number of carbonyl (C=O) groups excluding carboxylic acids is 2. The Morgan fingerprint density at radius 3 is 2.15 bits per heavy atom. The molecule has 1 N–H and O–H groups in total. The molecule has 0 heterocycles. The largest absolute Gasteiger partial charge is 0.355 e. The molecule has 7 nitrogen and oxygen atoms in total. The molecule has 0 bridgehead atoms. The number of nitrogens with one attached hydrogen (secondary N) is 1. The van der Waals surface area contributed by atoms with Crippen molar-refractivity contribution in [3.8, 4) is 0 Å². The number of hydrogen-bond donors (Lipinski definition) is 1. The summed E-state index contributed by atoms with van der Waals surface area (Å²) in [5.74, 6) is -0.664. The Kier molecular flexibility index (Phi) is 9.05. The highest BCUT2D eigenvalue weighted by atomic mass is 32.2. The van der Waals surface area contributed by atoms with E-state index in [0.717, 1.165) is 27.3 Å². The summed E-state index contributed by atoms with van der Waals surface area (Å²) in [5, 5.41) is 2.75. The third-order valence-electron chi connectivity index (χ3n) is 5.50. The highest BCUT2D eigenvalue weighted by Crippen LogP contribution is 2.29. The van der Waals surface area contributed by atoms with Crippen molar-refractivity contribution in [2.45, 2.75) is 53.1 Å². The lowest BCUT2D eigenvalue weighted by atomic mass is 10.0. The van der Waals surface area contributed by atoms with E-state index in [1.807, 2.05) is 64.1 Å². The minimum absolute atomic E-state index is 0.0680. The molecular weight excluding hydrogens is 438 g/mol. The first-order valence-corrected chi connectivity index (χ1v) is 13.0. The summed E-state index contributed by atoms with van der Waals surface area (Å²) in [5.41, 5.74) is 3.25. The lowest BCUT2D eigenvalue weighted by molar-refractivity contribution is -0.139. The van der Waals surface area contributed by atoms with Crippen LogP contribution in [0.25, 0.3) is 0 Å². The van der Waals surface area contributed by atoms with Gasteiger partial charge in [-0.3, -0.25) is 13.9 Å². The van der Waals surface area contributed by atoms with Crippen LogP contribution in [0.4, 0.5) is 5.69 Å². The van der Waals surface area contributed by atoms with Gasteiger partial charge in [0.2, 0.25) is 21.8 Å². The molecule has 0 fully saturated rings. The van der Waals surface area contributed by atoms with Crippen molar-refractivity contribution in [2.75, 3.05) is 23.7 Å². The molecule has 0 aliphatic rings. The van der Waals surface area contributed by atoms with Crippen molar-refractivity contribution >= 4 is 27.5 Å². The minimum atomic E-state index is -3.75. The highest BCUT2D eigenvalue weighted by molar-refractivity contribution is 7.92. The predicted octanol–water partition coefficient (Wildman–Crippen LogP) is 3.44. The molecule has 0 radical (unpaired) electrons. The molecule has 180 valence electrons. The molecule has 2 amide bonds. The third-order valence-corrected chi connectivity index (χ3v) is 6.62. The standard InChI is InChI=1S/C25H35N3O4S/c1-7-26-25(30)20(5)27(16-21-14-12-19(4)13-15-21)24(29)17-28(33(6,31)32)23-11-9-8-10-22(23)18(2)3/h8-15,18,20H,7,16-17H2,1-6H3,(H,26,30)/t20-/m1/s1. The number of benzene rings is 2. The zero-order chi connectivity index (χ0) is 24.8. The van der Waals surface area contributed by atoms with E-state index in [1.165, 1.54) is 4.90 Å². The van der Waals surface area contributed by atoms with Crippen LogP contribution >= 0.6 is 0 Å². The molecule has 0 saturated carbocycles. The Bertz CT molecular complexity index is 1070. The van der Waals surface area contributed by atoms with E-state index in [9.17, 15) is 18.0 Å². The Morgan fingerprint density at radius 1 is 1.00 bits per heavy atom. The first kappa shape index (κ1) is 26.4. The Morgan fingerprint density at radius 2 is 1.61 bits per heavy atom. The fourth-order valence-corrected chi connectivity index (χ4v) is 4.46. The SMILES string of the molecule is CCNC(=O)[C@@H](C)N(Cc1ccc(C)cc1)C(=O)CN(c1ccccc1C(C)C)S(C)(=O)=O. The molecule has 2 aromatic carbocycles.